The molecule has 8 heteroatoms. The Labute approximate surface area is 88.0 Å². The van der Waals surface area contributed by atoms with Crippen molar-refractivity contribution in [2.24, 2.45) is 11.8 Å². The summed E-state index contributed by atoms with van der Waals surface area (Å²) in [6, 6.07) is 0. The molecule has 0 aliphatic heterocycles. The van der Waals surface area contributed by atoms with Crippen LogP contribution < -0.4 is 0 Å². The van der Waals surface area contributed by atoms with Crippen LogP contribution in [0.1, 0.15) is 25.7 Å². The summed E-state index contributed by atoms with van der Waals surface area (Å²) >= 11 is 0. The first-order valence-corrected chi connectivity index (χ1v) is 8.27. The summed E-state index contributed by atoms with van der Waals surface area (Å²) < 4.78 is 0. The SMILES string of the molecule is N=P(O)(O)C1(P(=N)(O)O)CC2CCC1C2. The summed E-state index contributed by atoms with van der Waals surface area (Å²) in [5, 5.41) is 14.8. The van der Waals surface area contributed by atoms with E-state index in [1.807, 2.05) is 0 Å². The van der Waals surface area contributed by atoms with Gasteiger partial charge in [-0.2, -0.15) is 0 Å². The third-order valence-electron chi connectivity index (χ3n) is 3.86. The second kappa shape index (κ2) is 3.16. The number of rotatable bonds is 2. The lowest BCUT2D eigenvalue weighted by Gasteiger charge is -2.42. The van der Waals surface area contributed by atoms with Gasteiger partial charge in [-0.1, -0.05) is 6.42 Å². The molecule has 2 fully saturated rings. The van der Waals surface area contributed by atoms with Crippen molar-refractivity contribution in [3.63, 3.8) is 0 Å². The van der Waals surface area contributed by atoms with Crippen LogP contribution in [0.15, 0.2) is 0 Å². The minimum absolute atomic E-state index is 0.215. The van der Waals surface area contributed by atoms with Crippen LogP contribution in [0.5, 0.6) is 0 Å². The van der Waals surface area contributed by atoms with Gasteiger partial charge in [0.2, 0.25) is 15.0 Å². The van der Waals surface area contributed by atoms with Crippen molar-refractivity contribution in [3.05, 3.63) is 0 Å². The van der Waals surface area contributed by atoms with Crippen LogP contribution in [0, 0.1) is 22.2 Å². The minimum atomic E-state index is -4.15. The molecule has 2 rings (SSSR count). The molecule has 6 N–H and O–H groups in total. The third-order valence-corrected chi connectivity index (χ3v) is 8.79. The van der Waals surface area contributed by atoms with E-state index in [1.165, 1.54) is 0 Å². The molecule has 2 saturated carbocycles. The van der Waals surface area contributed by atoms with Crippen LogP contribution >= 0.6 is 15.0 Å². The van der Waals surface area contributed by atoms with E-state index in [0.717, 1.165) is 6.42 Å². The van der Waals surface area contributed by atoms with Crippen LogP contribution in [-0.2, 0) is 0 Å². The van der Waals surface area contributed by atoms with Crippen LogP contribution in [0.4, 0.5) is 0 Å². The maximum atomic E-state index is 9.55. The van der Waals surface area contributed by atoms with Crippen LogP contribution in [0.2, 0.25) is 0 Å². The van der Waals surface area contributed by atoms with Gasteiger partial charge in [-0.3, -0.25) is 10.3 Å². The average Bonchev–Trinajstić information content (AvgIpc) is 2.57. The van der Waals surface area contributed by atoms with E-state index in [4.69, 9.17) is 10.3 Å². The molecule has 6 nitrogen and oxygen atoms in total. The summed E-state index contributed by atoms with van der Waals surface area (Å²) in [6.45, 7) is 0. The van der Waals surface area contributed by atoms with Crippen molar-refractivity contribution >= 4 is 15.0 Å². The van der Waals surface area contributed by atoms with E-state index in [0.29, 0.717) is 12.8 Å². The van der Waals surface area contributed by atoms with Gasteiger partial charge in [-0.15, -0.1) is 0 Å². The standard InChI is InChI=1S/C7H16N2O4P2/c8-14(10,11)7(15(9,12)13)4-5-1-2-6(7)3-5/h5-6H,1-4H2,(H3,8,10,11)(H3,9,12,13). The van der Waals surface area contributed by atoms with E-state index >= 15 is 0 Å². The first-order chi connectivity index (χ1) is 6.68. The Morgan fingerprint density at radius 3 is 1.73 bits per heavy atom. The molecule has 0 heterocycles. The smallest absolute Gasteiger partial charge is 0.221 e. The van der Waals surface area contributed by atoms with E-state index in [2.05, 4.69) is 0 Å². The van der Waals surface area contributed by atoms with Crippen LogP contribution in [-0.4, -0.2) is 24.5 Å². The number of hydrogen-bond acceptors (Lipinski definition) is 2. The van der Waals surface area contributed by atoms with Gasteiger partial charge in [0.25, 0.3) is 0 Å². The molecule has 2 atom stereocenters. The molecule has 2 bridgehead atoms. The summed E-state index contributed by atoms with van der Waals surface area (Å²) in [5.74, 6) is -0.0489. The van der Waals surface area contributed by atoms with Gasteiger partial charge in [0, 0.05) is 0 Å². The van der Waals surface area contributed by atoms with E-state index < -0.39 is 19.9 Å². The summed E-state index contributed by atoms with van der Waals surface area (Å²) in [5.41, 5.74) is 0. The average molecular weight is 254 g/mol. The molecule has 0 aromatic carbocycles. The molecule has 0 spiro atoms. The van der Waals surface area contributed by atoms with Crippen molar-refractivity contribution < 1.29 is 19.6 Å². The van der Waals surface area contributed by atoms with Crippen LogP contribution in [0.3, 0.4) is 0 Å². The lowest BCUT2D eigenvalue weighted by Crippen LogP contribution is -2.34. The van der Waals surface area contributed by atoms with Crippen molar-refractivity contribution in [1.29, 1.82) is 10.3 Å². The molecule has 88 valence electrons. The molecule has 0 saturated heterocycles. The highest BCUT2D eigenvalue weighted by Crippen LogP contribution is 2.80. The van der Waals surface area contributed by atoms with Gasteiger partial charge in [-0.25, -0.2) is 0 Å². The van der Waals surface area contributed by atoms with Crippen molar-refractivity contribution in [2.75, 3.05) is 0 Å². The number of nitrogens with one attached hydrogen (secondary N) is 2. The highest BCUT2D eigenvalue weighted by molar-refractivity contribution is 7.73. The quantitative estimate of drug-likeness (QED) is 0.419. The molecule has 2 aliphatic rings. The Morgan fingerprint density at radius 2 is 1.53 bits per heavy atom. The number of hydrogen-bond donors (Lipinski definition) is 6. The van der Waals surface area contributed by atoms with Gasteiger partial charge in [-0.05, 0) is 31.1 Å². The van der Waals surface area contributed by atoms with Gasteiger partial charge >= 0.3 is 0 Å². The molecule has 0 aromatic heterocycles. The largest absolute Gasteiger partial charge is 0.339 e. The predicted molar refractivity (Wildman–Crippen MR) is 56.3 cm³/mol. The molecule has 0 amide bonds. The van der Waals surface area contributed by atoms with E-state index in [1.54, 1.807) is 0 Å². The van der Waals surface area contributed by atoms with Crippen molar-refractivity contribution in [1.82, 2.24) is 0 Å². The van der Waals surface area contributed by atoms with Crippen LogP contribution in [0.25, 0.3) is 0 Å². The maximum Gasteiger partial charge on any atom is 0.221 e. The first-order valence-electron chi connectivity index (χ1n) is 4.88. The topological polar surface area (TPSA) is 129 Å². The normalized spacial score (nSPS) is 34.7. The lowest BCUT2D eigenvalue weighted by molar-refractivity contribution is 0.324. The molecular weight excluding hydrogens is 238 g/mol. The van der Waals surface area contributed by atoms with Gasteiger partial charge in [0.1, 0.15) is 4.90 Å². The second-order valence-corrected chi connectivity index (χ2v) is 9.02. The fourth-order valence-electron chi connectivity index (χ4n) is 3.23. The fraction of sp³-hybridized carbons (Fsp3) is 1.00. The maximum absolute atomic E-state index is 9.55. The number of fused-ring (bicyclic) bond motifs is 2. The Bertz CT molecular complexity index is 351. The Balaban J connectivity index is 2.52. The zero-order valence-electron chi connectivity index (χ0n) is 8.17. The van der Waals surface area contributed by atoms with Gasteiger partial charge in [0.05, 0.1) is 0 Å². The van der Waals surface area contributed by atoms with Crippen molar-refractivity contribution in [3.8, 4) is 0 Å². The minimum Gasteiger partial charge on any atom is -0.339 e. The fourth-order valence-corrected chi connectivity index (χ4v) is 7.30. The summed E-state index contributed by atoms with van der Waals surface area (Å²) in [6.07, 6.45) is 2.52. The summed E-state index contributed by atoms with van der Waals surface area (Å²) in [4.78, 5) is 36.6. The highest BCUT2D eigenvalue weighted by Gasteiger charge is 2.65. The Kier molecular flexibility index (Phi) is 2.48. The predicted octanol–water partition coefficient (Wildman–Crippen LogP) is 1.69. The Morgan fingerprint density at radius 1 is 1.00 bits per heavy atom. The zero-order valence-corrected chi connectivity index (χ0v) is 9.96. The molecule has 15 heavy (non-hydrogen) atoms. The third kappa shape index (κ3) is 1.47. The molecule has 2 unspecified atom stereocenters. The first kappa shape index (κ1) is 11.8. The second-order valence-electron chi connectivity index (χ2n) is 4.66. The van der Waals surface area contributed by atoms with Gasteiger partial charge < -0.3 is 19.6 Å². The molecular formula is C7H16N2O4P2. The summed E-state index contributed by atoms with van der Waals surface area (Å²) in [7, 11) is -8.29. The molecule has 2 aliphatic carbocycles. The Hall–Kier alpha value is 0.300. The zero-order chi connectivity index (χ0) is 11.5. The van der Waals surface area contributed by atoms with Gasteiger partial charge in [0.15, 0.2) is 0 Å². The highest BCUT2D eigenvalue weighted by atomic mass is 31.2. The monoisotopic (exact) mass is 254 g/mol. The van der Waals surface area contributed by atoms with Crippen molar-refractivity contribution in [2.45, 2.75) is 30.6 Å². The molecule has 0 aromatic rings. The lowest BCUT2D eigenvalue weighted by atomic mass is 9.99. The van der Waals surface area contributed by atoms with E-state index in [-0.39, 0.29) is 18.3 Å². The molecule has 0 radical (unpaired) electrons. The van der Waals surface area contributed by atoms with E-state index in [9.17, 15) is 19.6 Å².